The third-order valence-corrected chi connectivity index (χ3v) is 3.18. The normalized spacial score (nSPS) is 11.3. The van der Waals surface area contributed by atoms with Gasteiger partial charge in [-0.3, -0.25) is 0 Å². The standard InChI is InChI=1S/C14H11N5O2/c1-2-20-14-10-6-4-3-5-9(10)12-15-16-13(19(12)17-14)11-7-8-21-18-11/h3-8H,2H2,1H3. The Morgan fingerprint density at radius 3 is 2.76 bits per heavy atom. The monoisotopic (exact) mass is 281 g/mol. The molecule has 3 heterocycles. The summed E-state index contributed by atoms with van der Waals surface area (Å²) >= 11 is 0. The molecule has 0 aliphatic carbocycles. The number of aromatic nitrogens is 5. The van der Waals surface area contributed by atoms with Crippen LogP contribution >= 0.6 is 0 Å². The number of nitrogens with zero attached hydrogens (tertiary/aromatic N) is 5. The third kappa shape index (κ3) is 1.74. The quantitative estimate of drug-likeness (QED) is 0.573. The minimum Gasteiger partial charge on any atom is -0.476 e. The second-order valence-corrected chi connectivity index (χ2v) is 4.43. The largest absolute Gasteiger partial charge is 0.476 e. The first kappa shape index (κ1) is 11.8. The van der Waals surface area contributed by atoms with Gasteiger partial charge in [-0.25, -0.2) is 0 Å². The zero-order valence-electron chi connectivity index (χ0n) is 11.2. The Bertz CT molecular complexity index is 914. The Kier molecular flexibility index (Phi) is 2.56. The molecule has 0 atom stereocenters. The van der Waals surface area contributed by atoms with Crippen molar-refractivity contribution < 1.29 is 9.26 Å². The van der Waals surface area contributed by atoms with Crippen LogP contribution < -0.4 is 4.74 Å². The fourth-order valence-electron chi connectivity index (χ4n) is 2.28. The van der Waals surface area contributed by atoms with E-state index in [-0.39, 0.29) is 0 Å². The SMILES string of the molecule is CCOc1nn2c(-c3ccon3)nnc2c2ccccc12. The molecule has 0 saturated carbocycles. The summed E-state index contributed by atoms with van der Waals surface area (Å²) in [6.07, 6.45) is 1.49. The number of fused-ring (bicyclic) bond motifs is 3. The molecule has 0 radical (unpaired) electrons. The third-order valence-electron chi connectivity index (χ3n) is 3.18. The summed E-state index contributed by atoms with van der Waals surface area (Å²) in [4.78, 5) is 0. The molecule has 104 valence electrons. The summed E-state index contributed by atoms with van der Waals surface area (Å²) in [6, 6.07) is 9.53. The van der Waals surface area contributed by atoms with Gasteiger partial charge in [0.05, 0.1) is 6.61 Å². The fourth-order valence-corrected chi connectivity index (χ4v) is 2.28. The molecular weight excluding hydrogens is 270 g/mol. The molecule has 3 aromatic heterocycles. The van der Waals surface area contributed by atoms with Gasteiger partial charge < -0.3 is 9.26 Å². The number of ether oxygens (including phenoxy) is 1. The van der Waals surface area contributed by atoms with Crippen LogP contribution in [0.1, 0.15) is 6.92 Å². The maximum Gasteiger partial charge on any atom is 0.239 e. The van der Waals surface area contributed by atoms with Crippen molar-refractivity contribution in [3.63, 3.8) is 0 Å². The van der Waals surface area contributed by atoms with Gasteiger partial charge in [-0.15, -0.1) is 15.3 Å². The highest BCUT2D eigenvalue weighted by Crippen LogP contribution is 2.28. The lowest BCUT2D eigenvalue weighted by molar-refractivity contribution is 0.326. The first-order chi connectivity index (χ1) is 10.4. The molecule has 0 bridgehead atoms. The van der Waals surface area contributed by atoms with Crippen molar-refractivity contribution in [2.75, 3.05) is 6.61 Å². The van der Waals surface area contributed by atoms with E-state index >= 15 is 0 Å². The van der Waals surface area contributed by atoms with Crippen molar-refractivity contribution in [1.29, 1.82) is 0 Å². The second kappa shape index (κ2) is 4.55. The van der Waals surface area contributed by atoms with Gasteiger partial charge in [0.25, 0.3) is 0 Å². The van der Waals surface area contributed by atoms with Gasteiger partial charge in [0, 0.05) is 16.8 Å². The molecule has 1 aromatic carbocycles. The van der Waals surface area contributed by atoms with Crippen LogP contribution in [0.25, 0.3) is 27.9 Å². The summed E-state index contributed by atoms with van der Waals surface area (Å²) in [6.45, 7) is 2.45. The Morgan fingerprint density at radius 1 is 1.14 bits per heavy atom. The zero-order chi connectivity index (χ0) is 14.2. The van der Waals surface area contributed by atoms with Crippen molar-refractivity contribution in [2.24, 2.45) is 0 Å². The van der Waals surface area contributed by atoms with Crippen molar-refractivity contribution in [3.05, 3.63) is 36.6 Å². The molecule has 0 saturated heterocycles. The van der Waals surface area contributed by atoms with Crippen LogP contribution in [-0.4, -0.2) is 31.6 Å². The van der Waals surface area contributed by atoms with E-state index in [1.807, 2.05) is 31.2 Å². The Hall–Kier alpha value is -2.96. The molecule has 0 N–H and O–H groups in total. The van der Waals surface area contributed by atoms with Gasteiger partial charge >= 0.3 is 0 Å². The highest BCUT2D eigenvalue weighted by molar-refractivity contribution is 5.96. The lowest BCUT2D eigenvalue weighted by Crippen LogP contribution is -2.02. The van der Waals surface area contributed by atoms with Crippen molar-refractivity contribution in [2.45, 2.75) is 6.92 Å². The van der Waals surface area contributed by atoms with Crippen LogP contribution in [0, 0.1) is 0 Å². The molecule has 4 aromatic rings. The minimum absolute atomic E-state index is 0.519. The number of hydrogen-bond acceptors (Lipinski definition) is 6. The van der Waals surface area contributed by atoms with Crippen LogP contribution in [0.2, 0.25) is 0 Å². The van der Waals surface area contributed by atoms with Gasteiger partial charge in [-0.2, -0.15) is 4.52 Å². The summed E-state index contributed by atoms with van der Waals surface area (Å²) in [5.41, 5.74) is 1.24. The summed E-state index contributed by atoms with van der Waals surface area (Å²) < 4.78 is 12.1. The van der Waals surface area contributed by atoms with Crippen LogP contribution in [0.4, 0.5) is 0 Å². The van der Waals surface area contributed by atoms with Crippen molar-refractivity contribution in [1.82, 2.24) is 25.0 Å². The molecule has 0 aliphatic rings. The molecule has 0 amide bonds. The van der Waals surface area contributed by atoms with Crippen LogP contribution in [0.15, 0.2) is 41.1 Å². The highest BCUT2D eigenvalue weighted by atomic mass is 16.5. The molecular formula is C14H11N5O2. The summed E-state index contributed by atoms with van der Waals surface area (Å²) in [5.74, 6) is 1.07. The Balaban J connectivity index is 2.09. The van der Waals surface area contributed by atoms with E-state index in [9.17, 15) is 0 Å². The van der Waals surface area contributed by atoms with Gasteiger partial charge in [0.2, 0.25) is 11.7 Å². The first-order valence-corrected chi connectivity index (χ1v) is 6.56. The minimum atomic E-state index is 0.519. The summed E-state index contributed by atoms with van der Waals surface area (Å²) in [7, 11) is 0. The molecule has 7 nitrogen and oxygen atoms in total. The molecule has 0 aliphatic heterocycles. The fraction of sp³-hybridized carbons (Fsp3) is 0.143. The van der Waals surface area contributed by atoms with E-state index in [2.05, 4.69) is 20.5 Å². The average molecular weight is 281 g/mol. The smallest absolute Gasteiger partial charge is 0.239 e. The maximum absolute atomic E-state index is 5.64. The van der Waals surface area contributed by atoms with Gasteiger partial charge in [0.1, 0.15) is 6.26 Å². The first-order valence-electron chi connectivity index (χ1n) is 6.56. The van der Waals surface area contributed by atoms with E-state index in [1.54, 1.807) is 10.6 Å². The summed E-state index contributed by atoms with van der Waals surface area (Å²) in [5, 5.41) is 18.6. The van der Waals surface area contributed by atoms with Gasteiger partial charge in [-0.05, 0) is 13.0 Å². The lowest BCUT2D eigenvalue weighted by Gasteiger charge is -2.07. The van der Waals surface area contributed by atoms with Crippen molar-refractivity contribution in [3.8, 4) is 17.4 Å². The van der Waals surface area contributed by atoms with E-state index in [4.69, 9.17) is 9.26 Å². The molecule has 0 unspecified atom stereocenters. The average Bonchev–Trinajstić information content (AvgIpc) is 3.16. The van der Waals surface area contributed by atoms with Crippen LogP contribution in [0.5, 0.6) is 5.88 Å². The molecule has 0 spiro atoms. The zero-order valence-corrected chi connectivity index (χ0v) is 11.2. The molecule has 4 rings (SSSR count). The Morgan fingerprint density at radius 2 is 2.00 bits per heavy atom. The van der Waals surface area contributed by atoms with Gasteiger partial charge in [0.15, 0.2) is 11.3 Å². The topological polar surface area (TPSA) is 78.3 Å². The van der Waals surface area contributed by atoms with Crippen LogP contribution in [0.3, 0.4) is 0 Å². The van der Waals surface area contributed by atoms with Gasteiger partial charge in [-0.1, -0.05) is 23.4 Å². The maximum atomic E-state index is 5.64. The molecule has 0 fully saturated rings. The Labute approximate surface area is 119 Å². The van der Waals surface area contributed by atoms with E-state index in [1.165, 1.54) is 6.26 Å². The van der Waals surface area contributed by atoms with E-state index < -0.39 is 0 Å². The highest BCUT2D eigenvalue weighted by Gasteiger charge is 2.17. The predicted octanol–water partition coefficient (Wildman–Crippen LogP) is 2.33. The number of benzene rings is 1. The predicted molar refractivity (Wildman–Crippen MR) is 75.0 cm³/mol. The van der Waals surface area contributed by atoms with E-state index in [0.717, 1.165) is 10.8 Å². The van der Waals surface area contributed by atoms with Crippen LogP contribution in [-0.2, 0) is 0 Å². The second-order valence-electron chi connectivity index (χ2n) is 4.43. The number of hydrogen-bond donors (Lipinski definition) is 0. The van der Waals surface area contributed by atoms with E-state index in [0.29, 0.717) is 29.7 Å². The van der Waals surface area contributed by atoms with Crippen molar-refractivity contribution >= 4 is 16.4 Å². The lowest BCUT2D eigenvalue weighted by atomic mass is 10.2. The molecule has 21 heavy (non-hydrogen) atoms. The number of rotatable bonds is 3. The molecule has 7 heteroatoms.